The van der Waals surface area contributed by atoms with Gasteiger partial charge in [0, 0.05) is 11.6 Å². The fourth-order valence-corrected chi connectivity index (χ4v) is 4.21. The van der Waals surface area contributed by atoms with Gasteiger partial charge < -0.3 is 9.26 Å². The average Bonchev–Trinajstić information content (AvgIpc) is 3.23. The molecule has 9 heteroatoms. The molecule has 0 N–H and O–H groups in total. The van der Waals surface area contributed by atoms with E-state index in [1.165, 1.54) is 11.8 Å². The van der Waals surface area contributed by atoms with Gasteiger partial charge in [0.15, 0.2) is 5.16 Å². The number of thioether (sulfide) groups is 1. The minimum Gasteiger partial charge on any atom is -0.496 e. The molecular formula is C22H21ClN4O3S. The first-order valence-electron chi connectivity index (χ1n) is 9.75. The molecule has 31 heavy (non-hydrogen) atoms. The van der Waals surface area contributed by atoms with Gasteiger partial charge >= 0.3 is 0 Å². The monoisotopic (exact) mass is 456 g/mol. The lowest BCUT2D eigenvalue weighted by Gasteiger charge is -2.14. The number of fused-ring (bicyclic) bond motifs is 1. The smallest absolute Gasteiger partial charge is 0.262 e. The minimum absolute atomic E-state index is 0.107. The summed E-state index contributed by atoms with van der Waals surface area (Å²) in [6, 6.07) is 12.6. The summed E-state index contributed by atoms with van der Waals surface area (Å²) in [5.74, 6) is 2.21. The van der Waals surface area contributed by atoms with Crippen LogP contribution in [0.2, 0.25) is 5.02 Å². The first-order chi connectivity index (χ1) is 15.0. The Morgan fingerprint density at radius 3 is 2.77 bits per heavy atom. The van der Waals surface area contributed by atoms with Crippen molar-refractivity contribution in [2.24, 2.45) is 5.92 Å². The average molecular weight is 457 g/mol. The highest BCUT2D eigenvalue weighted by Crippen LogP contribution is 2.29. The van der Waals surface area contributed by atoms with E-state index in [4.69, 9.17) is 25.8 Å². The SMILES string of the molecule is COc1ccccc1-c1noc(CSc2nc3ccc(Cl)cc3c(=O)n2CC(C)C)n1. The summed E-state index contributed by atoms with van der Waals surface area (Å²) in [7, 11) is 1.60. The van der Waals surface area contributed by atoms with Gasteiger partial charge in [0.25, 0.3) is 5.56 Å². The van der Waals surface area contributed by atoms with Crippen molar-refractivity contribution in [3.05, 3.63) is 63.7 Å². The van der Waals surface area contributed by atoms with Crippen LogP contribution in [0.3, 0.4) is 0 Å². The number of benzene rings is 2. The van der Waals surface area contributed by atoms with Gasteiger partial charge in [-0.3, -0.25) is 9.36 Å². The molecule has 0 aliphatic heterocycles. The molecule has 0 aliphatic rings. The van der Waals surface area contributed by atoms with E-state index in [1.54, 1.807) is 29.9 Å². The van der Waals surface area contributed by atoms with Crippen molar-refractivity contribution in [1.29, 1.82) is 0 Å². The molecule has 2 heterocycles. The summed E-state index contributed by atoms with van der Waals surface area (Å²) in [6.07, 6.45) is 0. The Hall–Kier alpha value is -2.84. The maximum Gasteiger partial charge on any atom is 0.262 e. The van der Waals surface area contributed by atoms with Crippen LogP contribution in [-0.2, 0) is 12.3 Å². The van der Waals surface area contributed by atoms with Crippen LogP contribution >= 0.6 is 23.4 Å². The van der Waals surface area contributed by atoms with Crippen LogP contribution in [0.1, 0.15) is 19.7 Å². The van der Waals surface area contributed by atoms with Gasteiger partial charge in [0.2, 0.25) is 11.7 Å². The second-order valence-corrected chi connectivity index (χ2v) is 8.75. The third kappa shape index (κ3) is 4.60. The number of methoxy groups -OCH3 is 1. The van der Waals surface area contributed by atoms with Gasteiger partial charge in [-0.05, 0) is 36.2 Å². The number of hydrogen-bond acceptors (Lipinski definition) is 7. The number of para-hydroxylation sites is 1. The maximum atomic E-state index is 13.1. The molecule has 0 amide bonds. The van der Waals surface area contributed by atoms with Crippen LogP contribution in [0.5, 0.6) is 5.75 Å². The predicted octanol–water partition coefficient (Wildman–Crippen LogP) is 5.06. The highest BCUT2D eigenvalue weighted by molar-refractivity contribution is 7.98. The lowest BCUT2D eigenvalue weighted by atomic mass is 10.2. The van der Waals surface area contributed by atoms with E-state index in [9.17, 15) is 4.79 Å². The zero-order valence-electron chi connectivity index (χ0n) is 17.3. The predicted molar refractivity (Wildman–Crippen MR) is 122 cm³/mol. The lowest BCUT2D eigenvalue weighted by Crippen LogP contribution is -2.25. The van der Waals surface area contributed by atoms with Crippen molar-refractivity contribution in [2.45, 2.75) is 31.3 Å². The highest BCUT2D eigenvalue weighted by atomic mass is 35.5. The van der Waals surface area contributed by atoms with Crippen molar-refractivity contribution in [2.75, 3.05) is 7.11 Å². The van der Waals surface area contributed by atoms with Crippen LogP contribution < -0.4 is 10.3 Å². The molecule has 4 aromatic rings. The third-order valence-corrected chi connectivity index (χ3v) is 5.77. The molecule has 0 radical (unpaired) electrons. The van der Waals surface area contributed by atoms with Gasteiger partial charge in [-0.15, -0.1) is 0 Å². The quantitative estimate of drug-likeness (QED) is 0.284. The van der Waals surface area contributed by atoms with Crippen molar-refractivity contribution in [1.82, 2.24) is 19.7 Å². The van der Waals surface area contributed by atoms with Crippen LogP contribution in [0.25, 0.3) is 22.3 Å². The first-order valence-corrected chi connectivity index (χ1v) is 11.1. The largest absolute Gasteiger partial charge is 0.496 e. The topological polar surface area (TPSA) is 83.0 Å². The maximum absolute atomic E-state index is 13.1. The van der Waals surface area contributed by atoms with Crippen LogP contribution in [0.15, 0.2) is 56.9 Å². The first kappa shape index (κ1) is 21.4. The van der Waals surface area contributed by atoms with E-state index in [0.717, 1.165) is 5.56 Å². The van der Waals surface area contributed by atoms with Crippen molar-refractivity contribution in [3.63, 3.8) is 0 Å². The number of ether oxygens (including phenoxy) is 1. The Kier molecular flexibility index (Phi) is 6.29. The van der Waals surface area contributed by atoms with Crippen LogP contribution in [-0.4, -0.2) is 26.8 Å². The number of hydrogen-bond donors (Lipinski definition) is 0. The van der Waals surface area contributed by atoms with Crippen molar-refractivity contribution in [3.8, 4) is 17.1 Å². The van der Waals surface area contributed by atoms with E-state index in [1.807, 2.05) is 24.3 Å². The van der Waals surface area contributed by atoms with Gasteiger partial charge in [-0.25, -0.2) is 4.98 Å². The normalized spacial score (nSPS) is 11.4. The molecule has 0 atom stereocenters. The molecule has 160 valence electrons. The van der Waals surface area contributed by atoms with Gasteiger partial charge in [0.1, 0.15) is 5.75 Å². The van der Waals surface area contributed by atoms with Crippen molar-refractivity contribution >= 4 is 34.3 Å². The fraction of sp³-hybridized carbons (Fsp3) is 0.273. The molecule has 2 aromatic carbocycles. The molecule has 2 aromatic heterocycles. The Bertz CT molecular complexity index is 1290. The zero-order chi connectivity index (χ0) is 22.0. The molecule has 0 unspecified atom stereocenters. The molecule has 0 spiro atoms. The molecule has 7 nitrogen and oxygen atoms in total. The Balaban J connectivity index is 1.64. The Morgan fingerprint density at radius 2 is 2.00 bits per heavy atom. The van der Waals surface area contributed by atoms with E-state index >= 15 is 0 Å². The summed E-state index contributed by atoms with van der Waals surface area (Å²) < 4.78 is 12.5. The summed E-state index contributed by atoms with van der Waals surface area (Å²) >= 11 is 7.47. The number of aromatic nitrogens is 4. The molecule has 4 rings (SSSR count). The number of halogens is 1. The number of rotatable bonds is 7. The van der Waals surface area contributed by atoms with E-state index in [0.29, 0.717) is 50.8 Å². The second-order valence-electron chi connectivity index (χ2n) is 7.37. The van der Waals surface area contributed by atoms with Crippen molar-refractivity contribution < 1.29 is 9.26 Å². The summed E-state index contributed by atoms with van der Waals surface area (Å²) in [4.78, 5) is 22.3. The fourth-order valence-electron chi connectivity index (χ4n) is 3.19. The Labute approximate surface area is 188 Å². The third-order valence-electron chi connectivity index (χ3n) is 4.57. The van der Waals surface area contributed by atoms with E-state index in [-0.39, 0.29) is 11.5 Å². The molecule has 0 fully saturated rings. The standard InChI is InChI=1S/C22H21ClN4O3S/c1-13(2)11-27-21(28)16-10-14(23)8-9-17(16)24-22(27)31-12-19-25-20(26-30-19)15-6-4-5-7-18(15)29-3/h4-10,13H,11-12H2,1-3H3. The summed E-state index contributed by atoms with van der Waals surface area (Å²) in [5, 5.41) is 5.69. The van der Waals surface area contributed by atoms with Gasteiger partial charge in [-0.1, -0.05) is 54.5 Å². The summed E-state index contributed by atoms with van der Waals surface area (Å²) in [5.41, 5.74) is 1.25. The summed E-state index contributed by atoms with van der Waals surface area (Å²) in [6.45, 7) is 4.66. The second kappa shape index (κ2) is 9.11. The minimum atomic E-state index is -0.107. The molecule has 0 bridgehead atoms. The van der Waals surface area contributed by atoms with Crippen LogP contribution in [0.4, 0.5) is 0 Å². The molecule has 0 aliphatic carbocycles. The molecule has 0 saturated carbocycles. The lowest BCUT2D eigenvalue weighted by molar-refractivity contribution is 0.390. The number of nitrogens with zero attached hydrogens (tertiary/aromatic N) is 4. The van der Waals surface area contributed by atoms with E-state index < -0.39 is 0 Å². The van der Waals surface area contributed by atoms with Crippen LogP contribution in [0, 0.1) is 5.92 Å². The highest BCUT2D eigenvalue weighted by Gasteiger charge is 2.17. The molecular weight excluding hydrogens is 436 g/mol. The molecule has 0 saturated heterocycles. The zero-order valence-corrected chi connectivity index (χ0v) is 18.9. The Morgan fingerprint density at radius 1 is 1.19 bits per heavy atom. The van der Waals surface area contributed by atoms with Gasteiger partial charge in [-0.2, -0.15) is 4.98 Å². The van der Waals surface area contributed by atoms with Gasteiger partial charge in [0.05, 0.1) is 29.3 Å². The van der Waals surface area contributed by atoms with E-state index in [2.05, 4.69) is 24.0 Å².